The number of benzene rings is 1. The number of aromatic nitrogens is 1. The number of hydrogen-bond acceptors (Lipinski definition) is 5. The lowest BCUT2D eigenvalue weighted by Gasteiger charge is -2.32. The summed E-state index contributed by atoms with van der Waals surface area (Å²) in [6, 6.07) is 9.33. The summed E-state index contributed by atoms with van der Waals surface area (Å²) in [5, 5.41) is 9.29. The van der Waals surface area contributed by atoms with Crippen LogP contribution in [0.15, 0.2) is 30.5 Å². The van der Waals surface area contributed by atoms with Crippen LogP contribution in [0.4, 0.5) is 11.4 Å². The maximum absolute atomic E-state index is 13.3. The van der Waals surface area contributed by atoms with Crippen molar-refractivity contribution in [3.05, 3.63) is 46.7 Å². The third kappa shape index (κ3) is 2.94. The van der Waals surface area contributed by atoms with Crippen molar-refractivity contribution in [3.8, 4) is 6.07 Å². The van der Waals surface area contributed by atoms with E-state index in [0.29, 0.717) is 5.69 Å². The van der Waals surface area contributed by atoms with Crippen molar-refractivity contribution in [1.82, 2.24) is 4.98 Å². The molecule has 30 heavy (non-hydrogen) atoms. The molecule has 0 N–H and O–H groups in total. The molecule has 3 heterocycles. The van der Waals surface area contributed by atoms with Crippen molar-refractivity contribution in [3.63, 3.8) is 0 Å². The molecule has 0 aliphatic carbocycles. The summed E-state index contributed by atoms with van der Waals surface area (Å²) in [7, 11) is -0.508. The summed E-state index contributed by atoms with van der Waals surface area (Å²) in [6.07, 6.45) is 1.50. The summed E-state index contributed by atoms with van der Waals surface area (Å²) >= 11 is 6.16. The smallest absolute Gasteiger partial charge is 0.399 e. The molecule has 1 aromatic heterocycles. The van der Waals surface area contributed by atoms with E-state index in [2.05, 4.69) is 4.98 Å². The van der Waals surface area contributed by atoms with E-state index in [1.54, 1.807) is 11.0 Å². The Bertz CT molecular complexity index is 1090. The molecule has 0 atom stereocenters. The number of halogens is 1. The lowest BCUT2D eigenvalue weighted by Crippen LogP contribution is -2.41. The molecule has 0 saturated carbocycles. The van der Waals surface area contributed by atoms with Crippen LogP contribution in [-0.4, -0.2) is 29.2 Å². The van der Waals surface area contributed by atoms with Crippen molar-refractivity contribution < 1.29 is 14.1 Å². The molecule has 0 spiro atoms. The number of pyridine rings is 1. The summed E-state index contributed by atoms with van der Waals surface area (Å²) in [5.74, 6) is -0.0915. The second kappa shape index (κ2) is 6.55. The van der Waals surface area contributed by atoms with Crippen molar-refractivity contribution in [2.75, 3.05) is 4.90 Å². The van der Waals surface area contributed by atoms with Gasteiger partial charge in [-0.25, -0.2) is 4.98 Å². The topological polar surface area (TPSA) is 75.5 Å². The van der Waals surface area contributed by atoms with Gasteiger partial charge in [0.25, 0.3) is 0 Å². The highest BCUT2D eigenvalue weighted by atomic mass is 35.5. The fourth-order valence-corrected chi connectivity index (χ4v) is 3.97. The van der Waals surface area contributed by atoms with Crippen LogP contribution in [0.1, 0.15) is 52.8 Å². The molecule has 154 valence electrons. The van der Waals surface area contributed by atoms with Gasteiger partial charge < -0.3 is 9.31 Å². The lowest BCUT2D eigenvalue weighted by molar-refractivity contribution is -0.121. The Morgan fingerprint density at radius 2 is 1.73 bits per heavy atom. The van der Waals surface area contributed by atoms with Crippen LogP contribution >= 0.6 is 11.6 Å². The normalized spacial score (nSPS) is 20.9. The number of carbonyl (C=O) groups is 1. The zero-order valence-corrected chi connectivity index (χ0v) is 18.7. The van der Waals surface area contributed by atoms with E-state index in [0.717, 1.165) is 16.7 Å². The van der Waals surface area contributed by atoms with Crippen LogP contribution in [0, 0.1) is 11.3 Å². The highest BCUT2D eigenvalue weighted by Gasteiger charge is 2.52. The Hall–Kier alpha value is -2.40. The van der Waals surface area contributed by atoms with Crippen LogP contribution in [0.2, 0.25) is 5.02 Å². The molecule has 1 aromatic carbocycles. The van der Waals surface area contributed by atoms with Gasteiger partial charge in [0.05, 0.1) is 39.2 Å². The first-order valence-corrected chi connectivity index (χ1v) is 10.2. The van der Waals surface area contributed by atoms with Crippen LogP contribution in [0.5, 0.6) is 0 Å². The summed E-state index contributed by atoms with van der Waals surface area (Å²) < 4.78 is 12.4. The van der Waals surface area contributed by atoms with Crippen molar-refractivity contribution >= 4 is 41.5 Å². The van der Waals surface area contributed by atoms with Gasteiger partial charge in [0, 0.05) is 0 Å². The predicted molar refractivity (Wildman–Crippen MR) is 116 cm³/mol. The fraction of sp³-hybridized carbons (Fsp3) is 0.409. The van der Waals surface area contributed by atoms with Crippen LogP contribution in [0.3, 0.4) is 0 Å². The van der Waals surface area contributed by atoms with E-state index in [4.69, 9.17) is 26.2 Å². The van der Waals surface area contributed by atoms with E-state index < -0.39 is 23.7 Å². The maximum Gasteiger partial charge on any atom is 0.494 e. The molecule has 0 bridgehead atoms. The number of hydrogen-bond donors (Lipinski definition) is 0. The first-order valence-electron chi connectivity index (χ1n) is 9.79. The second-order valence-corrected chi connectivity index (χ2v) is 9.67. The summed E-state index contributed by atoms with van der Waals surface area (Å²) in [6.45, 7) is 11.8. The molecule has 2 aliphatic rings. The third-order valence-electron chi connectivity index (χ3n) is 6.39. The SMILES string of the molecule is CC1(C)C(=O)N(c2cnc(C#N)c(Cl)c2)c2ccc(B3OC(C)(C)C(C)(C)O3)cc21. The van der Waals surface area contributed by atoms with E-state index in [1.165, 1.54) is 6.20 Å². The minimum atomic E-state index is -0.755. The van der Waals surface area contributed by atoms with Gasteiger partial charge in [-0.15, -0.1) is 0 Å². The van der Waals surface area contributed by atoms with E-state index in [9.17, 15) is 4.79 Å². The van der Waals surface area contributed by atoms with Gasteiger partial charge in [0.2, 0.25) is 5.91 Å². The molecule has 1 amide bonds. The third-order valence-corrected chi connectivity index (χ3v) is 6.68. The fourth-order valence-electron chi connectivity index (χ4n) is 3.77. The number of fused-ring (bicyclic) bond motifs is 1. The van der Waals surface area contributed by atoms with Gasteiger partial charge in [-0.1, -0.05) is 23.7 Å². The number of nitrogens with zero attached hydrogens (tertiary/aromatic N) is 3. The van der Waals surface area contributed by atoms with E-state index in [1.807, 2.05) is 65.8 Å². The Morgan fingerprint density at radius 3 is 2.30 bits per heavy atom. The molecule has 0 radical (unpaired) electrons. The quantitative estimate of drug-likeness (QED) is 0.686. The van der Waals surface area contributed by atoms with Crippen LogP contribution in [-0.2, 0) is 19.5 Å². The molecule has 2 aromatic rings. The Morgan fingerprint density at radius 1 is 1.10 bits per heavy atom. The summed E-state index contributed by atoms with van der Waals surface area (Å²) in [5.41, 5.74) is 1.51. The van der Waals surface area contributed by atoms with Crippen LogP contribution in [0.25, 0.3) is 0 Å². The number of rotatable bonds is 2. The van der Waals surface area contributed by atoms with Gasteiger partial charge in [-0.2, -0.15) is 5.26 Å². The number of anilines is 2. The van der Waals surface area contributed by atoms with E-state index >= 15 is 0 Å². The highest BCUT2D eigenvalue weighted by Crippen LogP contribution is 2.45. The molecule has 8 heteroatoms. The number of carbonyl (C=O) groups excluding carboxylic acids is 1. The van der Waals surface area contributed by atoms with Crippen molar-refractivity contribution in [2.24, 2.45) is 0 Å². The average molecular weight is 424 g/mol. The minimum absolute atomic E-state index is 0.0915. The summed E-state index contributed by atoms with van der Waals surface area (Å²) in [4.78, 5) is 19.0. The molecular weight excluding hydrogens is 401 g/mol. The van der Waals surface area contributed by atoms with Gasteiger partial charge >= 0.3 is 7.12 Å². The molecular formula is C22H23BClN3O3. The Balaban J connectivity index is 1.77. The average Bonchev–Trinajstić information content (AvgIpc) is 3.00. The van der Waals surface area contributed by atoms with Crippen molar-refractivity contribution in [2.45, 2.75) is 58.2 Å². The molecule has 0 unspecified atom stereocenters. The highest BCUT2D eigenvalue weighted by molar-refractivity contribution is 6.62. The minimum Gasteiger partial charge on any atom is -0.399 e. The lowest BCUT2D eigenvalue weighted by atomic mass is 9.75. The Labute approximate surface area is 181 Å². The largest absolute Gasteiger partial charge is 0.494 e. The van der Waals surface area contributed by atoms with Gasteiger partial charge in [0.15, 0.2) is 5.69 Å². The van der Waals surface area contributed by atoms with Gasteiger partial charge in [-0.05, 0) is 64.7 Å². The molecule has 4 rings (SSSR count). The molecule has 1 saturated heterocycles. The molecule has 2 aliphatic heterocycles. The van der Waals surface area contributed by atoms with E-state index in [-0.39, 0.29) is 16.6 Å². The van der Waals surface area contributed by atoms with Gasteiger partial charge in [-0.3, -0.25) is 9.69 Å². The first-order chi connectivity index (χ1) is 13.9. The first kappa shape index (κ1) is 20.9. The number of amides is 1. The molecule has 6 nitrogen and oxygen atoms in total. The maximum atomic E-state index is 13.3. The molecule has 1 fully saturated rings. The zero-order valence-electron chi connectivity index (χ0n) is 17.9. The second-order valence-electron chi connectivity index (χ2n) is 9.27. The monoisotopic (exact) mass is 423 g/mol. The predicted octanol–water partition coefficient (Wildman–Crippen LogP) is 3.86. The van der Waals surface area contributed by atoms with Gasteiger partial charge in [0.1, 0.15) is 6.07 Å². The Kier molecular flexibility index (Phi) is 4.55. The number of nitriles is 1. The van der Waals surface area contributed by atoms with Crippen LogP contribution < -0.4 is 10.4 Å². The van der Waals surface area contributed by atoms with Crippen molar-refractivity contribution in [1.29, 1.82) is 5.26 Å². The zero-order chi connectivity index (χ0) is 22.1. The standard InChI is InChI=1S/C22H23BClN3O3/c1-20(2)15-9-13(23-29-21(3,4)22(5,6)30-23)7-8-18(15)27(19(20)28)14-10-16(24)17(11-25)26-12-14/h7-10,12H,1-6H3.